The summed E-state index contributed by atoms with van der Waals surface area (Å²) in [5.74, 6) is -0.517. The molecule has 0 aliphatic carbocycles. The Morgan fingerprint density at radius 2 is 2.26 bits per heavy atom. The van der Waals surface area contributed by atoms with E-state index < -0.39 is 11.9 Å². The summed E-state index contributed by atoms with van der Waals surface area (Å²) in [6.07, 6.45) is 3.67. The highest BCUT2D eigenvalue weighted by Gasteiger charge is 2.29. The molecule has 2 aromatic rings. The number of ether oxygens (including phenoxy) is 1. The molecule has 1 atom stereocenters. The molecule has 1 unspecified atom stereocenters. The third-order valence-corrected chi connectivity index (χ3v) is 4.37. The third-order valence-electron chi connectivity index (χ3n) is 4.08. The summed E-state index contributed by atoms with van der Waals surface area (Å²) in [5, 5.41) is 6.76. The van der Waals surface area contributed by atoms with E-state index in [1.165, 1.54) is 22.9 Å². The second kappa shape index (κ2) is 8.30. The molecule has 142 valence electrons. The summed E-state index contributed by atoms with van der Waals surface area (Å²) >= 11 is 5.68. The Morgan fingerprint density at radius 1 is 1.44 bits per heavy atom. The summed E-state index contributed by atoms with van der Waals surface area (Å²) in [6.45, 7) is 0.719. The average Bonchev–Trinajstić information content (AvgIpc) is 3.02. The van der Waals surface area contributed by atoms with Crippen LogP contribution in [0, 0.1) is 5.82 Å². The van der Waals surface area contributed by atoms with E-state index in [2.05, 4.69) is 15.4 Å². The topological polar surface area (TPSA) is 85.6 Å². The molecule has 1 N–H and O–H groups in total. The van der Waals surface area contributed by atoms with Crippen molar-refractivity contribution >= 4 is 29.5 Å². The summed E-state index contributed by atoms with van der Waals surface area (Å²) in [4.78, 5) is 28.6. The number of benzene rings is 1. The van der Waals surface area contributed by atoms with Crippen molar-refractivity contribution in [1.82, 2.24) is 15.1 Å². The minimum atomic E-state index is -0.731. The Morgan fingerprint density at radius 3 is 3.04 bits per heavy atom. The SMILES string of the molecule is Cn1ncc2c1C(=O)C(CC(=O)NCCCOc1ccc(F)c(Cl)c1)N=C2. The molecule has 1 aliphatic heterocycles. The van der Waals surface area contributed by atoms with E-state index in [-0.39, 0.29) is 23.1 Å². The molecule has 1 aromatic carbocycles. The second-order valence-corrected chi connectivity index (χ2v) is 6.47. The molecular weight excluding hydrogens is 375 g/mol. The van der Waals surface area contributed by atoms with Gasteiger partial charge in [0, 0.05) is 31.4 Å². The largest absolute Gasteiger partial charge is 0.493 e. The molecule has 0 radical (unpaired) electrons. The molecule has 0 fully saturated rings. The molecule has 27 heavy (non-hydrogen) atoms. The van der Waals surface area contributed by atoms with Gasteiger partial charge in [0.05, 0.1) is 24.2 Å². The van der Waals surface area contributed by atoms with E-state index in [9.17, 15) is 14.0 Å². The number of fused-ring (bicyclic) bond motifs is 1. The van der Waals surface area contributed by atoms with Crippen molar-refractivity contribution in [2.24, 2.45) is 12.0 Å². The normalized spacial score (nSPS) is 15.5. The van der Waals surface area contributed by atoms with Gasteiger partial charge in [0.2, 0.25) is 11.7 Å². The van der Waals surface area contributed by atoms with Gasteiger partial charge >= 0.3 is 0 Å². The summed E-state index contributed by atoms with van der Waals surface area (Å²) in [6, 6.07) is 3.38. The van der Waals surface area contributed by atoms with Crippen LogP contribution in [0.4, 0.5) is 4.39 Å². The molecular formula is C18H18ClFN4O3. The number of ketones is 1. The number of hydrogen-bond acceptors (Lipinski definition) is 5. The zero-order valence-corrected chi connectivity index (χ0v) is 15.4. The van der Waals surface area contributed by atoms with Gasteiger partial charge in [-0.25, -0.2) is 4.39 Å². The summed E-state index contributed by atoms with van der Waals surface area (Å²) in [5.41, 5.74) is 1.13. The number of aliphatic imine (C=N–C) groups is 1. The lowest BCUT2D eigenvalue weighted by Crippen LogP contribution is -2.34. The van der Waals surface area contributed by atoms with Crippen LogP contribution in [0.1, 0.15) is 28.9 Å². The second-order valence-electron chi connectivity index (χ2n) is 6.06. The van der Waals surface area contributed by atoms with Gasteiger partial charge in [-0.3, -0.25) is 19.3 Å². The lowest BCUT2D eigenvalue weighted by molar-refractivity contribution is -0.121. The molecule has 1 amide bonds. The predicted octanol–water partition coefficient (Wildman–Crippen LogP) is 2.17. The quantitative estimate of drug-likeness (QED) is 0.732. The van der Waals surface area contributed by atoms with Gasteiger partial charge in [0.1, 0.15) is 23.3 Å². The monoisotopic (exact) mass is 392 g/mol. The van der Waals surface area contributed by atoms with Crippen molar-refractivity contribution in [2.75, 3.05) is 13.2 Å². The number of rotatable bonds is 7. The number of aromatic nitrogens is 2. The smallest absolute Gasteiger partial charge is 0.222 e. The fourth-order valence-corrected chi connectivity index (χ4v) is 2.87. The Balaban J connectivity index is 1.39. The van der Waals surface area contributed by atoms with Crippen LogP contribution in [-0.4, -0.2) is 46.9 Å². The standard InChI is InChI=1S/C18H18ClFN4O3/c1-24-17-11(10-23-24)9-22-15(18(17)26)8-16(25)21-5-2-6-27-12-3-4-14(20)13(19)7-12/h3-4,7,9-10,15H,2,5-6,8H2,1H3,(H,21,25). The Bertz CT molecular complexity index is 897. The van der Waals surface area contributed by atoms with Crippen LogP contribution in [-0.2, 0) is 11.8 Å². The van der Waals surface area contributed by atoms with Crippen LogP contribution >= 0.6 is 11.6 Å². The van der Waals surface area contributed by atoms with E-state index in [4.69, 9.17) is 16.3 Å². The number of carbonyl (C=O) groups is 2. The maximum atomic E-state index is 13.1. The predicted molar refractivity (Wildman–Crippen MR) is 98.1 cm³/mol. The number of hydrogen-bond donors (Lipinski definition) is 1. The molecule has 3 rings (SSSR count). The lowest BCUT2D eigenvalue weighted by Gasteiger charge is -2.15. The number of amides is 1. The van der Waals surface area contributed by atoms with E-state index in [0.29, 0.717) is 36.6 Å². The average molecular weight is 393 g/mol. The van der Waals surface area contributed by atoms with Crippen molar-refractivity contribution < 1.29 is 18.7 Å². The number of nitrogens with one attached hydrogen (secondary N) is 1. The van der Waals surface area contributed by atoms with E-state index in [1.807, 2.05) is 0 Å². The summed E-state index contributed by atoms with van der Waals surface area (Å²) in [7, 11) is 1.68. The van der Waals surface area contributed by atoms with Crippen LogP contribution in [0.5, 0.6) is 5.75 Å². The molecule has 2 heterocycles. The van der Waals surface area contributed by atoms with Crippen LogP contribution in [0.3, 0.4) is 0 Å². The maximum Gasteiger partial charge on any atom is 0.222 e. The molecule has 0 bridgehead atoms. The summed E-state index contributed by atoms with van der Waals surface area (Å²) < 4.78 is 20.0. The highest BCUT2D eigenvalue weighted by molar-refractivity contribution is 6.30. The molecule has 0 saturated heterocycles. The van der Waals surface area contributed by atoms with Crippen molar-refractivity contribution in [3.63, 3.8) is 0 Å². The van der Waals surface area contributed by atoms with Gasteiger partial charge in [0.15, 0.2) is 0 Å². The van der Waals surface area contributed by atoms with E-state index >= 15 is 0 Å². The number of Topliss-reactive ketones (excluding diaryl/α,β-unsaturated/α-hetero) is 1. The van der Waals surface area contributed by atoms with Crippen molar-refractivity contribution in [1.29, 1.82) is 0 Å². The first-order chi connectivity index (χ1) is 13.0. The zero-order chi connectivity index (χ0) is 19.4. The van der Waals surface area contributed by atoms with Crippen molar-refractivity contribution in [2.45, 2.75) is 18.9 Å². The van der Waals surface area contributed by atoms with Crippen LogP contribution in [0.25, 0.3) is 0 Å². The molecule has 7 nitrogen and oxygen atoms in total. The molecule has 0 spiro atoms. The van der Waals surface area contributed by atoms with Gasteiger partial charge in [-0.1, -0.05) is 11.6 Å². The minimum Gasteiger partial charge on any atom is -0.493 e. The fraction of sp³-hybridized carbons (Fsp3) is 0.333. The number of halogens is 2. The zero-order valence-electron chi connectivity index (χ0n) is 14.6. The van der Waals surface area contributed by atoms with Gasteiger partial charge in [-0.15, -0.1) is 0 Å². The van der Waals surface area contributed by atoms with E-state index in [1.54, 1.807) is 19.5 Å². The first-order valence-corrected chi connectivity index (χ1v) is 8.77. The Kier molecular flexibility index (Phi) is 5.85. The fourth-order valence-electron chi connectivity index (χ4n) is 2.70. The first-order valence-electron chi connectivity index (χ1n) is 8.39. The van der Waals surface area contributed by atoms with E-state index in [0.717, 1.165) is 0 Å². The molecule has 1 aromatic heterocycles. The van der Waals surface area contributed by atoms with Crippen LogP contribution in [0.15, 0.2) is 29.4 Å². The number of aryl methyl sites for hydroxylation is 1. The molecule has 0 saturated carbocycles. The first kappa shape index (κ1) is 19.0. The minimum absolute atomic E-state index is 0.00455. The van der Waals surface area contributed by atoms with Gasteiger partial charge in [0.25, 0.3) is 0 Å². The maximum absolute atomic E-state index is 13.1. The third kappa shape index (κ3) is 4.51. The Labute approximate surface area is 160 Å². The van der Waals surface area contributed by atoms with Crippen molar-refractivity contribution in [3.8, 4) is 5.75 Å². The Hall–Kier alpha value is -2.74. The van der Waals surface area contributed by atoms with Crippen LogP contribution < -0.4 is 10.1 Å². The number of nitrogens with zero attached hydrogens (tertiary/aromatic N) is 3. The van der Waals surface area contributed by atoms with Gasteiger partial charge in [-0.05, 0) is 18.6 Å². The van der Waals surface area contributed by atoms with Crippen molar-refractivity contribution in [3.05, 3.63) is 46.5 Å². The van der Waals surface area contributed by atoms with Gasteiger partial charge in [-0.2, -0.15) is 5.10 Å². The lowest BCUT2D eigenvalue weighted by atomic mass is 10.0. The highest BCUT2D eigenvalue weighted by atomic mass is 35.5. The molecule has 1 aliphatic rings. The van der Waals surface area contributed by atoms with Gasteiger partial charge < -0.3 is 10.1 Å². The number of carbonyl (C=O) groups excluding carboxylic acids is 2. The molecule has 9 heteroatoms. The van der Waals surface area contributed by atoms with Crippen LogP contribution in [0.2, 0.25) is 5.02 Å². The highest BCUT2D eigenvalue weighted by Crippen LogP contribution is 2.21.